The average Bonchev–Trinajstić information content (AvgIpc) is 3.80. The van der Waals surface area contributed by atoms with Gasteiger partial charge in [0.05, 0.1) is 63.5 Å². The molecular weight excluding hydrogens is 728 g/mol. The van der Waals surface area contributed by atoms with Crippen molar-refractivity contribution in [3.8, 4) is 17.0 Å². The van der Waals surface area contributed by atoms with E-state index in [9.17, 15) is 37.9 Å². The van der Waals surface area contributed by atoms with Gasteiger partial charge in [0, 0.05) is 48.8 Å². The maximum absolute atomic E-state index is 13.2. The molecule has 3 heterocycles. The van der Waals surface area contributed by atoms with Crippen LogP contribution >= 0.6 is 0 Å². The molecule has 2 aromatic carbocycles. The molecule has 2 aromatic heterocycles. The minimum absolute atomic E-state index is 0.200. The van der Waals surface area contributed by atoms with E-state index in [1.54, 1.807) is 36.0 Å². The number of halogens is 3. The molecule has 1 unspecified atom stereocenters. The Morgan fingerprint density at radius 2 is 1.64 bits per heavy atom. The van der Waals surface area contributed by atoms with Gasteiger partial charge in [-0.3, -0.25) is 14.3 Å². The number of aliphatic hydroxyl groups excluding tert-OH is 1. The van der Waals surface area contributed by atoms with Crippen LogP contribution in [0.2, 0.25) is 0 Å². The first-order valence-corrected chi connectivity index (χ1v) is 17.5. The summed E-state index contributed by atoms with van der Waals surface area (Å²) in [4.78, 5) is 32.0. The van der Waals surface area contributed by atoms with E-state index in [0.29, 0.717) is 92.8 Å². The molecule has 19 heteroatoms. The maximum atomic E-state index is 13.2. The number of nitrogens with one attached hydrogen (secondary N) is 2. The number of aromatic nitrogens is 3. The summed E-state index contributed by atoms with van der Waals surface area (Å²) >= 11 is 0. The van der Waals surface area contributed by atoms with Crippen LogP contribution in [0, 0.1) is 6.92 Å². The highest BCUT2D eigenvalue weighted by molar-refractivity contribution is 6.59. The lowest BCUT2D eigenvalue weighted by atomic mass is 9.77. The Hall–Kier alpha value is -5.05. The first-order chi connectivity index (χ1) is 26.4. The first kappa shape index (κ1) is 41.1. The summed E-state index contributed by atoms with van der Waals surface area (Å²) in [5.74, 6) is -0.680. The standard InChI is InChI=1S/C36H42BF3N6O9/c1-24-20-25(2-7-31(24)37(50)51)34(48)41-11-14-52-16-18-54-19-17-53-15-13-46-32(8-10-43-46)30-21-26(22-42-33(30)45-12-9-28(47)23-45)35(49)44-27-3-5-29(6-4-27)55-36(38,39)40/h2-8,10,20-22,28,47,50-51H,9,11-19,23H2,1H3,(H,41,48)(H,44,49). The number of aryl methyl sites for hydroxylation is 1. The van der Waals surface area contributed by atoms with Gasteiger partial charge in [-0.1, -0.05) is 11.6 Å². The van der Waals surface area contributed by atoms with Crippen molar-refractivity contribution in [3.63, 3.8) is 0 Å². The highest BCUT2D eigenvalue weighted by Gasteiger charge is 2.31. The van der Waals surface area contributed by atoms with Crippen molar-refractivity contribution in [2.24, 2.45) is 0 Å². The predicted octanol–water partition coefficient (Wildman–Crippen LogP) is 2.14. The van der Waals surface area contributed by atoms with Gasteiger partial charge < -0.3 is 49.6 Å². The molecule has 5 N–H and O–H groups in total. The van der Waals surface area contributed by atoms with Gasteiger partial charge in [0.15, 0.2) is 0 Å². The SMILES string of the molecule is Cc1cc(C(=O)NCCOCCOCCOCCn2nccc2-c2cc(C(=O)Nc3ccc(OC(F)(F)F)cc3)cnc2N2CCC(O)C2)ccc1B(O)O. The largest absolute Gasteiger partial charge is 0.573 e. The molecular formula is C36H42BF3N6O9. The van der Waals surface area contributed by atoms with Gasteiger partial charge >= 0.3 is 13.5 Å². The van der Waals surface area contributed by atoms with Crippen LogP contribution in [0.5, 0.6) is 5.75 Å². The van der Waals surface area contributed by atoms with Gasteiger partial charge in [-0.15, -0.1) is 13.2 Å². The fourth-order valence-corrected chi connectivity index (χ4v) is 5.78. The Labute approximate surface area is 315 Å². The van der Waals surface area contributed by atoms with Crippen LogP contribution in [-0.4, -0.2) is 121 Å². The molecule has 1 aliphatic rings. The number of aliphatic hydroxyl groups is 1. The van der Waals surface area contributed by atoms with Crippen LogP contribution in [0.25, 0.3) is 11.3 Å². The van der Waals surface area contributed by atoms with Crippen LogP contribution in [0.1, 0.15) is 32.7 Å². The third kappa shape index (κ3) is 12.2. The van der Waals surface area contributed by atoms with Crippen LogP contribution in [0.4, 0.5) is 24.7 Å². The minimum Gasteiger partial charge on any atom is -0.423 e. The highest BCUT2D eigenvalue weighted by Crippen LogP contribution is 2.32. The molecule has 55 heavy (non-hydrogen) atoms. The van der Waals surface area contributed by atoms with Crippen molar-refractivity contribution in [3.05, 3.63) is 83.7 Å². The summed E-state index contributed by atoms with van der Waals surface area (Å²) < 4.78 is 60.0. The zero-order valence-electron chi connectivity index (χ0n) is 30.0. The Morgan fingerprint density at radius 1 is 0.927 bits per heavy atom. The van der Waals surface area contributed by atoms with E-state index in [1.165, 1.54) is 30.5 Å². The van der Waals surface area contributed by atoms with Crippen LogP contribution in [-0.2, 0) is 20.8 Å². The van der Waals surface area contributed by atoms with Crippen molar-refractivity contribution in [1.29, 1.82) is 0 Å². The molecule has 5 rings (SSSR count). The predicted molar refractivity (Wildman–Crippen MR) is 195 cm³/mol. The highest BCUT2D eigenvalue weighted by atomic mass is 19.4. The molecule has 0 radical (unpaired) electrons. The molecule has 2 amide bonds. The second-order valence-electron chi connectivity index (χ2n) is 12.5. The summed E-state index contributed by atoms with van der Waals surface area (Å²) in [6.07, 6.45) is -1.77. The topological polar surface area (TPSA) is 190 Å². The zero-order chi connectivity index (χ0) is 39.4. The van der Waals surface area contributed by atoms with E-state index in [0.717, 1.165) is 12.1 Å². The van der Waals surface area contributed by atoms with E-state index in [1.807, 2.05) is 4.90 Å². The van der Waals surface area contributed by atoms with Crippen LogP contribution < -0.4 is 25.7 Å². The minimum atomic E-state index is -4.83. The van der Waals surface area contributed by atoms with Gasteiger partial charge in [0.25, 0.3) is 11.8 Å². The van der Waals surface area contributed by atoms with Crippen molar-refractivity contribution in [2.45, 2.75) is 32.4 Å². The number of carbonyl (C=O) groups excluding carboxylic acids is 2. The van der Waals surface area contributed by atoms with Gasteiger partial charge in [-0.2, -0.15) is 5.10 Å². The zero-order valence-corrected chi connectivity index (χ0v) is 30.0. The lowest BCUT2D eigenvalue weighted by Gasteiger charge is -2.21. The van der Waals surface area contributed by atoms with Gasteiger partial charge in [-0.25, -0.2) is 4.98 Å². The Kier molecular flexibility index (Phi) is 14.6. The molecule has 0 bridgehead atoms. The number of alkyl halides is 3. The quantitative estimate of drug-likeness (QED) is 0.0692. The number of β-amino-alcohol motifs (C(OH)–C–C–N with tert-alkyl or cyclic N) is 1. The number of carbonyl (C=O) groups is 2. The molecule has 0 saturated carbocycles. The molecule has 1 aliphatic heterocycles. The second-order valence-corrected chi connectivity index (χ2v) is 12.5. The van der Waals surface area contributed by atoms with E-state index in [4.69, 9.17) is 14.2 Å². The molecule has 0 aliphatic carbocycles. The number of benzene rings is 2. The van der Waals surface area contributed by atoms with Gasteiger partial charge in [0.2, 0.25) is 0 Å². The fraction of sp³-hybridized carbons (Fsp3) is 0.389. The van der Waals surface area contributed by atoms with E-state index >= 15 is 0 Å². The summed E-state index contributed by atoms with van der Waals surface area (Å²) in [5, 5.41) is 38.7. The summed E-state index contributed by atoms with van der Waals surface area (Å²) in [5.41, 5.74) is 3.06. The van der Waals surface area contributed by atoms with Crippen LogP contribution in [0.15, 0.2) is 67.0 Å². The molecule has 1 fully saturated rings. The number of hydrogen-bond donors (Lipinski definition) is 5. The number of nitrogens with zero attached hydrogens (tertiary/aromatic N) is 4. The van der Waals surface area contributed by atoms with E-state index in [2.05, 4.69) is 25.5 Å². The smallest absolute Gasteiger partial charge is 0.423 e. The van der Waals surface area contributed by atoms with Crippen LogP contribution in [0.3, 0.4) is 0 Å². The number of rotatable bonds is 19. The molecule has 1 atom stereocenters. The monoisotopic (exact) mass is 770 g/mol. The number of ether oxygens (including phenoxy) is 4. The Balaban J connectivity index is 1.05. The fourth-order valence-electron chi connectivity index (χ4n) is 5.78. The second kappa shape index (κ2) is 19.5. The lowest BCUT2D eigenvalue weighted by molar-refractivity contribution is -0.274. The van der Waals surface area contributed by atoms with E-state index < -0.39 is 31.2 Å². The van der Waals surface area contributed by atoms with Crippen molar-refractivity contribution in [2.75, 3.05) is 69.5 Å². The molecule has 294 valence electrons. The number of anilines is 2. The first-order valence-electron chi connectivity index (χ1n) is 17.5. The molecule has 4 aromatic rings. The number of amides is 2. The summed E-state index contributed by atoms with van der Waals surface area (Å²) in [6, 6.07) is 12.8. The molecule has 15 nitrogen and oxygen atoms in total. The summed E-state index contributed by atoms with van der Waals surface area (Å²) in [6.45, 7) is 5.15. The third-order valence-electron chi connectivity index (χ3n) is 8.46. The number of hydrogen-bond acceptors (Lipinski definition) is 12. The third-order valence-corrected chi connectivity index (χ3v) is 8.46. The number of pyridine rings is 1. The van der Waals surface area contributed by atoms with Gasteiger partial charge in [0.1, 0.15) is 11.6 Å². The normalized spacial score (nSPS) is 14.2. The van der Waals surface area contributed by atoms with Crippen molar-refractivity contribution >= 4 is 35.9 Å². The Bertz CT molecular complexity index is 1880. The maximum Gasteiger partial charge on any atom is 0.573 e. The molecule has 0 spiro atoms. The average molecular weight is 771 g/mol. The lowest BCUT2D eigenvalue weighted by Crippen LogP contribution is -2.33. The molecule has 1 saturated heterocycles. The Morgan fingerprint density at radius 3 is 2.29 bits per heavy atom. The van der Waals surface area contributed by atoms with E-state index in [-0.39, 0.29) is 30.3 Å². The van der Waals surface area contributed by atoms with Crippen molar-refractivity contribution < 1.29 is 56.9 Å². The summed E-state index contributed by atoms with van der Waals surface area (Å²) in [7, 11) is -1.60. The van der Waals surface area contributed by atoms with Crippen molar-refractivity contribution in [1.82, 2.24) is 20.1 Å². The van der Waals surface area contributed by atoms with Gasteiger partial charge in [-0.05, 0) is 67.3 Å².